The van der Waals surface area contributed by atoms with Crippen LogP contribution in [0.1, 0.15) is 57.6 Å². The van der Waals surface area contributed by atoms with Crippen molar-refractivity contribution in [3.8, 4) is 0 Å². The third kappa shape index (κ3) is 3.70. The van der Waals surface area contributed by atoms with Crippen molar-refractivity contribution in [1.29, 1.82) is 0 Å². The van der Waals surface area contributed by atoms with E-state index in [9.17, 15) is 4.79 Å². The van der Waals surface area contributed by atoms with Gasteiger partial charge in [-0.25, -0.2) is 0 Å². The quantitative estimate of drug-likeness (QED) is 0.875. The minimum absolute atomic E-state index is 0.138. The van der Waals surface area contributed by atoms with Crippen LogP contribution in [0, 0.1) is 11.8 Å². The summed E-state index contributed by atoms with van der Waals surface area (Å²) in [6, 6.07) is 10.8. The number of benzene rings is 1. The summed E-state index contributed by atoms with van der Waals surface area (Å²) in [6.45, 7) is 4.66. The molecule has 2 saturated carbocycles. The van der Waals surface area contributed by atoms with Crippen LogP contribution in [0.3, 0.4) is 0 Å². The van der Waals surface area contributed by atoms with Gasteiger partial charge in [0.2, 0.25) is 5.91 Å². The van der Waals surface area contributed by atoms with Crippen molar-refractivity contribution in [3.05, 3.63) is 35.9 Å². The molecule has 0 bridgehead atoms. The molecule has 0 heterocycles. The first-order valence-electron chi connectivity index (χ1n) is 8.76. The zero-order valence-electron chi connectivity index (χ0n) is 13.7. The number of hydrogen-bond donors (Lipinski definition) is 2. The summed E-state index contributed by atoms with van der Waals surface area (Å²) in [5.74, 6) is 1.49. The van der Waals surface area contributed by atoms with Gasteiger partial charge in [-0.2, -0.15) is 0 Å². The first-order chi connectivity index (χ1) is 10.6. The molecule has 1 aromatic rings. The Balaban J connectivity index is 1.74. The standard InChI is InChI=1S/C19H28N2O/c1-13-7-6-10-17(14(13)2)21-18(15-8-4-3-5-9-15)19(22)20-16-11-12-16/h3-5,8-9,13-14,16-18,21H,6-7,10-12H2,1-2H3,(H,20,22)/t13-,14+,17+,18-/m1/s1. The van der Waals surface area contributed by atoms with Crippen molar-refractivity contribution in [2.24, 2.45) is 11.8 Å². The molecule has 1 amide bonds. The Morgan fingerprint density at radius 2 is 1.82 bits per heavy atom. The van der Waals surface area contributed by atoms with Gasteiger partial charge in [-0.3, -0.25) is 10.1 Å². The van der Waals surface area contributed by atoms with E-state index >= 15 is 0 Å². The van der Waals surface area contributed by atoms with E-state index in [1.54, 1.807) is 0 Å². The fourth-order valence-corrected chi connectivity index (χ4v) is 3.51. The van der Waals surface area contributed by atoms with Crippen molar-refractivity contribution in [2.75, 3.05) is 0 Å². The average molecular weight is 300 g/mol. The molecule has 0 aromatic heterocycles. The zero-order chi connectivity index (χ0) is 15.5. The monoisotopic (exact) mass is 300 g/mol. The molecule has 0 aliphatic heterocycles. The normalized spacial score (nSPS) is 29.8. The van der Waals surface area contributed by atoms with Gasteiger partial charge in [-0.05, 0) is 36.7 Å². The molecule has 2 N–H and O–H groups in total. The number of hydrogen-bond acceptors (Lipinski definition) is 2. The van der Waals surface area contributed by atoms with E-state index in [4.69, 9.17) is 0 Å². The molecular formula is C19H28N2O. The minimum atomic E-state index is -0.223. The van der Waals surface area contributed by atoms with Gasteiger partial charge in [-0.1, -0.05) is 57.0 Å². The van der Waals surface area contributed by atoms with E-state index in [-0.39, 0.29) is 11.9 Å². The van der Waals surface area contributed by atoms with E-state index in [2.05, 4.69) is 36.6 Å². The number of carbonyl (C=O) groups is 1. The highest BCUT2D eigenvalue weighted by molar-refractivity contribution is 5.83. The second-order valence-electron chi connectivity index (χ2n) is 7.17. The summed E-state index contributed by atoms with van der Waals surface area (Å²) >= 11 is 0. The van der Waals surface area contributed by atoms with Crippen LogP contribution in [-0.2, 0) is 4.79 Å². The Morgan fingerprint density at radius 1 is 1.09 bits per heavy atom. The molecule has 22 heavy (non-hydrogen) atoms. The van der Waals surface area contributed by atoms with Crippen LogP contribution in [0.15, 0.2) is 30.3 Å². The van der Waals surface area contributed by atoms with Gasteiger partial charge >= 0.3 is 0 Å². The van der Waals surface area contributed by atoms with Crippen molar-refractivity contribution < 1.29 is 4.79 Å². The van der Waals surface area contributed by atoms with Crippen molar-refractivity contribution in [1.82, 2.24) is 10.6 Å². The predicted molar refractivity (Wildman–Crippen MR) is 89.5 cm³/mol. The molecule has 3 nitrogen and oxygen atoms in total. The lowest BCUT2D eigenvalue weighted by molar-refractivity contribution is -0.123. The number of amides is 1. The Morgan fingerprint density at radius 3 is 2.50 bits per heavy atom. The van der Waals surface area contributed by atoms with E-state index in [1.165, 1.54) is 19.3 Å². The van der Waals surface area contributed by atoms with Gasteiger partial charge in [0.15, 0.2) is 0 Å². The maximum absolute atomic E-state index is 12.7. The van der Waals surface area contributed by atoms with Crippen LogP contribution in [0.4, 0.5) is 0 Å². The van der Waals surface area contributed by atoms with Crippen LogP contribution in [0.2, 0.25) is 0 Å². The van der Waals surface area contributed by atoms with Gasteiger partial charge in [0.25, 0.3) is 0 Å². The molecule has 2 aliphatic rings. The van der Waals surface area contributed by atoms with Gasteiger partial charge in [0.1, 0.15) is 6.04 Å². The summed E-state index contributed by atoms with van der Waals surface area (Å²) in [5.41, 5.74) is 1.08. The molecule has 4 atom stereocenters. The van der Waals surface area contributed by atoms with Crippen LogP contribution < -0.4 is 10.6 Å². The van der Waals surface area contributed by atoms with Crippen molar-refractivity contribution in [2.45, 2.75) is 64.1 Å². The largest absolute Gasteiger partial charge is 0.352 e. The number of carbonyl (C=O) groups excluding carboxylic acids is 1. The Labute approximate surface area is 133 Å². The molecule has 1 aromatic carbocycles. The molecule has 0 unspecified atom stereocenters. The minimum Gasteiger partial charge on any atom is -0.352 e. The van der Waals surface area contributed by atoms with Gasteiger partial charge in [-0.15, -0.1) is 0 Å². The first kappa shape index (κ1) is 15.5. The maximum atomic E-state index is 12.7. The van der Waals surface area contributed by atoms with E-state index < -0.39 is 0 Å². The van der Waals surface area contributed by atoms with Crippen LogP contribution in [0.5, 0.6) is 0 Å². The van der Waals surface area contributed by atoms with Crippen molar-refractivity contribution >= 4 is 5.91 Å². The topological polar surface area (TPSA) is 41.1 Å². The lowest BCUT2D eigenvalue weighted by Crippen LogP contribution is -2.47. The molecule has 2 fully saturated rings. The lowest BCUT2D eigenvalue weighted by Gasteiger charge is -2.37. The molecule has 3 heteroatoms. The Kier molecular flexibility index (Phi) is 4.82. The van der Waals surface area contributed by atoms with Crippen LogP contribution >= 0.6 is 0 Å². The fraction of sp³-hybridized carbons (Fsp3) is 0.632. The van der Waals surface area contributed by atoms with Crippen LogP contribution in [0.25, 0.3) is 0 Å². The molecular weight excluding hydrogens is 272 g/mol. The van der Waals surface area contributed by atoms with Crippen LogP contribution in [-0.4, -0.2) is 18.0 Å². The molecule has 0 spiro atoms. The predicted octanol–water partition coefficient (Wildman–Crippen LogP) is 3.42. The lowest BCUT2D eigenvalue weighted by atomic mass is 9.77. The molecule has 3 rings (SSSR count). The van der Waals surface area contributed by atoms with E-state index in [0.29, 0.717) is 18.0 Å². The summed E-state index contributed by atoms with van der Waals surface area (Å²) in [5, 5.41) is 6.84. The molecule has 0 radical (unpaired) electrons. The summed E-state index contributed by atoms with van der Waals surface area (Å²) in [7, 11) is 0. The van der Waals surface area contributed by atoms with E-state index in [0.717, 1.165) is 24.3 Å². The van der Waals surface area contributed by atoms with Gasteiger partial charge < -0.3 is 5.32 Å². The molecule has 0 saturated heterocycles. The van der Waals surface area contributed by atoms with E-state index in [1.807, 2.05) is 18.2 Å². The summed E-state index contributed by atoms with van der Waals surface area (Å²) < 4.78 is 0. The summed E-state index contributed by atoms with van der Waals surface area (Å²) in [4.78, 5) is 12.7. The molecule has 120 valence electrons. The third-order valence-corrected chi connectivity index (χ3v) is 5.41. The third-order valence-electron chi connectivity index (χ3n) is 5.41. The number of rotatable bonds is 5. The highest BCUT2D eigenvalue weighted by Gasteiger charge is 2.33. The fourth-order valence-electron chi connectivity index (χ4n) is 3.51. The Bertz CT molecular complexity index is 497. The highest BCUT2D eigenvalue weighted by Crippen LogP contribution is 2.31. The Hall–Kier alpha value is -1.35. The SMILES string of the molecule is C[C@H]1[C@H](C)CCC[C@@H]1N[C@@H](C(=O)NC1CC1)c1ccccc1. The second kappa shape index (κ2) is 6.82. The number of nitrogens with one attached hydrogen (secondary N) is 2. The average Bonchev–Trinajstić information content (AvgIpc) is 3.33. The zero-order valence-corrected chi connectivity index (χ0v) is 13.7. The molecule has 2 aliphatic carbocycles. The smallest absolute Gasteiger partial charge is 0.241 e. The van der Waals surface area contributed by atoms with Gasteiger partial charge in [0, 0.05) is 12.1 Å². The first-order valence-corrected chi connectivity index (χ1v) is 8.76. The highest BCUT2D eigenvalue weighted by atomic mass is 16.2. The van der Waals surface area contributed by atoms with Gasteiger partial charge in [0.05, 0.1) is 0 Å². The maximum Gasteiger partial charge on any atom is 0.241 e. The summed E-state index contributed by atoms with van der Waals surface area (Å²) in [6.07, 6.45) is 6.00. The van der Waals surface area contributed by atoms with Crippen molar-refractivity contribution in [3.63, 3.8) is 0 Å². The second-order valence-corrected chi connectivity index (χ2v) is 7.17.